The number of pyridine rings is 1. The average molecular weight is 183 g/mol. The standard InChI is InChI=1S/C5H4BNO3.2Na/c8-6(9)10-5-1-3-7-4-2-5;;/h1-4H;;/q-2;2*+1. The molecule has 0 unspecified atom stereocenters. The SMILES string of the molecule is [Na+].[Na+].[O-]B([O-])Oc1ccncc1. The maximum Gasteiger partial charge on any atom is 1.00 e. The van der Waals surface area contributed by atoms with Gasteiger partial charge in [0.15, 0.2) is 0 Å². The molecule has 0 aliphatic carbocycles. The van der Waals surface area contributed by atoms with Crippen LogP contribution in [0.1, 0.15) is 0 Å². The van der Waals surface area contributed by atoms with Crippen molar-refractivity contribution in [2.45, 2.75) is 0 Å². The van der Waals surface area contributed by atoms with Crippen LogP contribution in [0.2, 0.25) is 0 Å². The minimum absolute atomic E-state index is 0. The molecule has 0 radical (unpaired) electrons. The minimum atomic E-state index is -2.26. The summed E-state index contributed by atoms with van der Waals surface area (Å²) in [5, 5.41) is 19.8. The first-order valence-electron chi connectivity index (χ1n) is 2.67. The summed E-state index contributed by atoms with van der Waals surface area (Å²) in [5.41, 5.74) is 0. The first-order chi connectivity index (χ1) is 4.79. The van der Waals surface area contributed by atoms with Gasteiger partial charge in [0.25, 0.3) is 0 Å². The van der Waals surface area contributed by atoms with Crippen molar-refractivity contribution in [1.29, 1.82) is 0 Å². The van der Waals surface area contributed by atoms with E-state index in [1.165, 1.54) is 24.5 Å². The van der Waals surface area contributed by atoms with Gasteiger partial charge in [-0.25, -0.2) is 0 Å². The Bertz CT molecular complexity index is 199. The summed E-state index contributed by atoms with van der Waals surface area (Å²) in [7, 11) is -2.26. The van der Waals surface area contributed by atoms with Crippen LogP contribution < -0.4 is 73.8 Å². The quantitative estimate of drug-likeness (QED) is 0.427. The van der Waals surface area contributed by atoms with Crippen LogP contribution in [0.25, 0.3) is 0 Å². The molecule has 0 saturated carbocycles. The third-order valence-corrected chi connectivity index (χ3v) is 0.882. The van der Waals surface area contributed by atoms with E-state index in [9.17, 15) is 10.0 Å². The summed E-state index contributed by atoms with van der Waals surface area (Å²) in [6, 6.07) is 2.89. The Hall–Kier alpha value is 0.935. The molecule has 0 fully saturated rings. The molecule has 0 aromatic carbocycles. The fraction of sp³-hybridized carbons (Fsp3) is 0. The van der Waals surface area contributed by atoms with Crippen LogP contribution in [-0.4, -0.2) is 12.3 Å². The van der Waals surface area contributed by atoms with Gasteiger partial charge in [-0.1, -0.05) is 0 Å². The van der Waals surface area contributed by atoms with Crippen LogP contribution in [0, 0.1) is 0 Å². The Morgan fingerprint density at radius 3 is 2.08 bits per heavy atom. The summed E-state index contributed by atoms with van der Waals surface area (Å²) in [5.74, 6) is 0.255. The van der Waals surface area contributed by atoms with Gasteiger partial charge < -0.3 is 14.7 Å². The predicted molar refractivity (Wildman–Crippen MR) is 30.6 cm³/mol. The van der Waals surface area contributed by atoms with E-state index in [2.05, 4.69) is 9.64 Å². The zero-order valence-electron chi connectivity index (χ0n) is 7.06. The van der Waals surface area contributed by atoms with Crippen molar-refractivity contribution in [2.75, 3.05) is 0 Å². The molecule has 52 valence electrons. The van der Waals surface area contributed by atoms with E-state index in [1.54, 1.807) is 0 Å². The van der Waals surface area contributed by atoms with Crippen LogP contribution in [0.3, 0.4) is 0 Å². The summed E-state index contributed by atoms with van der Waals surface area (Å²) in [6.07, 6.45) is 2.88. The summed E-state index contributed by atoms with van der Waals surface area (Å²) in [4.78, 5) is 3.67. The van der Waals surface area contributed by atoms with Gasteiger partial charge in [0, 0.05) is 12.4 Å². The van der Waals surface area contributed by atoms with Crippen molar-refractivity contribution in [1.82, 2.24) is 4.98 Å². The number of rotatable bonds is 2. The van der Waals surface area contributed by atoms with Crippen molar-refractivity contribution in [3.8, 4) is 5.75 Å². The Kier molecular flexibility index (Phi) is 11.0. The van der Waals surface area contributed by atoms with Crippen molar-refractivity contribution in [2.24, 2.45) is 0 Å². The molecular formula is C5H4BNNa2O3. The smallest absolute Gasteiger partial charge is 0.860 e. The minimum Gasteiger partial charge on any atom is -0.860 e. The summed E-state index contributed by atoms with van der Waals surface area (Å²) >= 11 is 0. The topological polar surface area (TPSA) is 68.2 Å². The molecule has 0 bridgehead atoms. The third kappa shape index (κ3) is 6.45. The van der Waals surface area contributed by atoms with Gasteiger partial charge in [-0.2, -0.15) is 0 Å². The first kappa shape index (κ1) is 15.4. The van der Waals surface area contributed by atoms with E-state index in [1.807, 2.05) is 0 Å². The van der Waals surface area contributed by atoms with Crippen molar-refractivity contribution in [3.05, 3.63) is 24.5 Å². The van der Waals surface area contributed by atoms with E-state index in [-0.39, 0.29) is 64.9 Å². The molecule has 0 spiro atoms. The zero-order chi connectivity index (χ0) is 7.40. The fourth-order valence-electron chi connectivity index (χ4n) is 0.528. The molecule has 12 heavy (non-hydrogen) atoms. The normalized spacial score (nSPS) is 7.50. The molecule has 0 saturated heterocycles. The second kappa shape index (κ2) is 8.53. The largest absolute Gasteiger partial charge is 1.00 e. The third-order valence-electron chi connectivity index (χ3n) is 0.882. The monoisotopic (exact) mass is 183 g/mol. The van der Waals surface area contributed by atoms with Crippen molar-refractivity contribution < 1.29 is 73.8 Å². The molecule has 7 heteroatoms. The molecule has 0 aliphatic heterocycles. The summed E-state index contributed by atoms with van der Waals surface area (Å²) in [6.45, 7) is 0. The molecule has 0 atom stereocenters. The number of aromatic nitrogens is 1. The van der Waals surface area contributed by atoms with Gasteiger partial charge >= 0.3 is 59.1 Å². The second-order valence-corrected chi connectivity index (χ2v) is 1.59. The van der Waals surface area contributed by atoms with Gasteiger partial charge in [0.2, 0.25) is 0 Å². The first-order valence-corrected chi connectivity index (χ1v) is 2.67. The van der Waals surface area contributed by atoms with Crippen LogP contribution >= 0.6 is 0 Å². The number of nitrogens with zero attached hydrogens (tertiary/aromatic N) is 1. The average Bonchev–Trinajstić information content (AvgIpc) is 1.88. The molecule has 1 aromatic rings. The second-order valence-electron chi connectivity index (χ2n) is 1.59. The number of hydrogen-bond donors (Lipinski definition) is 0. The Labute approximate surface area is 115 Å². The van der Waals surface area contributed by atoms with Gasteiger partial charge in [-0.3, -0.25) is 4.98 Å². The van der Waals surface area contributed by atoms with Gasteiger partial charge in [0.05, 0.1) is 5.75 Å². The summed E-state index contributed by atoms with van der Waals surface area (Å²) < 4.78 is 4.26. The van der Waals surface area contributed by atoms with E-state index < -0.39 is 7.32 Å². The molecular weight excluding hydrogens is 179 g/mol. The molecule has 0 N–H and O–H groups in total. The Balaban J connectivity index is 0. The van der Waals surface area contributed by atoms with Gasteiger partial charge in [-0.05, 0) is 12.1 Å². The molecule has 1 aromatic heterocycles. The van der Waals surface area contributed by atoms with Crippen LogP contribution in [-0.2, 0) is 0 Å². The van der Waals surface area contributed by atoms with Crippen molar-refractivity contribution in [3.63, 3.8) is 0 Å². The number of hydrogen-bond acceptors (Lipinski definition) is 4. The van der Waals surface area contributed by atoms with Crippen LogP contribution in [0.15, 0.2) is 24.5 Å². The molecule has 1 heterocycles. The molecule has 4 nitrogen and oxygen atoms in total. The predicted octanol–water partition coefficient (Wildman–Crippen LogP) is -7.83. The molecule has 0 aliphatic rings. The van der Waals surface area contributed by atoms with Gasteiger partial charge in [-0.15, -0.1) is 0 Å². The van der Waals surface area contributed by atoms with Crippen LogP contribution in [0.4, 0.5) is 0 Å². The Morgan fingerprint density at radius 1 is 1.17 bits per heavy atom. The van der Waals surface area contributed by atoms with E-state index in [0.29, 0.717) is 0 Å². The zero-order valence-corrected chi connectivity index (χ0v) is 11.1. The fourth-order valence-corrected chi connectivity index (χ4v) is 0.528. The van der Waals surface area contributed by atoms with E-state index in [0.717, 1.165) is 0 Å². The van der Waals surface area contributed by atoms with Gasteiger partial charge in [0.1, 0.15) is 7.32 Å². The Morgan fingerprint density at radius 2 is 1.67 bits per heavy atom. The van der Waals surface area contributed by atoms with Crippen LogP contribution in [0.5, 0.6) is 5.75 Å². The molecule has 1 rings (SSSR count). The maximum absolute atomic E-state index is 9.90. The van der Waals surface area contributed by atoms with E-state index >= 15 is 0 Å². The van der Waals surface area contributed by atoms with Crippen molar-refractivity contribution >= 4 is 7.32 Å². The maximum atomic E-state index is 9.90. The van der Waals surface area contributed by atoms with E-state index in [4.69, 9.17) is 0 Å². The molecule has 0 amide bonds.